The van der Waals surface area contributed by atoms with E-state index in [2.05, 4.69) is 0 Å². The molecule has 0 aliphatic carbocycles. The number of carboxylic acid groups (broad SMARTS) is 1. The van der Waals surface area contributed by atoms with Crippen molar-refractivity contribution < 1.29 is 18.3 Å². The Kier molecular flexibility index (Phi) is 4.35. The molecule has 0 aliphatic rings. The van der Waals surface area contributed by atoms with E-state index in [1.165, 1.54) is 11.4 Å². The zero-order chi connectivity index (χ0) is 10.6. The molecule has 0 unspecified atom stereocenters. The molecule has 0 saturated carbocycles. The SMILES string of the molecule is CC(C)N(C)S(=O)(=O)CCC(=O)O. The number of rotatable bonds is 5. The number of carbonyl (C=O) groups is 1. The lowest BCUT2D eigenvalue weighted by molar-refractivity contribution is -0.136. The maximum absolute atomic E-state index is 11.3. The third kappa shape index (κ3) is 4.23. The monoisotopic (exact) mass is 209 g/mol. The molecule has 0 aromatic rings. The van der Waals surface area contributed by atoms with Gasteiger partial charge in [-0.1, -0.05) is 0 Å². The van der Waals surface area contributed by atoms with Crippen LogP contribution in [0.3, 0.4) is 0 Å². The van der Waals surface area contributed by atoms with Crippen molar-refractivity contribution in [2.45, 2.75) is 26.3 Å². The van der Waals surface area contributed by atoms with Crippen LogP contribution in [0.15, 0.2) is 0 Å². The molecule has 0 aromatic carbocycles. The van der Waals surface area contributed by atoms with Gasteiger partial charge in [-0.05, 0) is 13.8 Å². The Bertz CT molecular complexity index is 270. The summed E-state index contributed by atoms with van der Waals surface area (Å²) in [6, 6.07) is -0.140. The third-order valence-corrected chi connectivity index (χ3v) is 3.76. The Hall–Kier alpha value is -0.620. The number of hydrogen-bond acceptors (Lipinski definition) is 3. The Morgan fingerprint density at radius 1 is 1.46 bits per heavy atom. The minimum atomic E-state index is -3.40. The quantitative estimate of drug-likeness (QED) is 0.698. The average Bonchev–Trinajstić information content (AvgIpc) is 1.99. The van der Waals surface area contributed by atoms with Gasteiger partial charge >= 0.3 is 5.97 Å². The summed E-state index contributed by atoms with van der Waals surface area (Å²) < 4.78 is 23.9. The Labute approximate surface area is 78.4 Å². The first-order valence-corrected chi connectivity index (χ1v) is 5.56. The molecule has 5 nitrogen and oxygen atoms in total. The highest BCUT2D eigenvalue weighted by atomic mass is 32.2. The highest BCUT2D eigenvalue weighted by Gasteiger charge is 2.21. The number of nitrogens with zero attached hydrogens (tertiary/aromatic N) is 1. The predicted molar refractivity (Wildman–Crippen MR) is 48.9 cm³/mol. The minimum Gasteiger partial charge on any atom is -0.481 e. The van der Waals surface area contributed by atoms with Gasteiger partial charge in [0.1, 0.15) is 0 Å². The Morgan fingerprint density at radius 3 is 2.23 bits per heavy atom. The van der Waals surface area contributed by atoms with Crippen LogP contribution in [0.4, 0.5) is 0 Å². The van der Waals surface area contributed by atoms with Crippen molar-refractivity contribution >= 4 is 16.0 Å². The van der Waals surface area contributed by atoms with E-state index in [1.807, 2.05) is 0 Å². The molecule has 0 bridgehead atoms. The van der Waals surface area contributed by atoms with Crippen LogP contribution in [0.2, 0.25) is 0 Å². The van der Waals surface area contributed by atoms with Crippen molar-refractivity contribution in [3.63, 3.8) is 0 Å². The van der Waals surface area contributed by atoms with Gasteiger partial charge in [0.15, 0.2) is 0 Å². The maximum Gasteiger partial charge on any atom is 0.304 e. The Balaban J connectivity index is 4.32. The van der Waals surface area contributed by atoms with Crippen LogP contribution in [0, 0.1) is 0 Å². The van der Waals surface area contributed by atoms with E-state index < -0.39 is 16.0 Å². The second kappa shape index (κ2) is 4.57. The molecule has 0 fully saturated rings. The largest absolute Gasteiger partial charge is 0.481 e. The number of carboxylic acids is 1. The molecule has 13 heavy (non-hydrogen) atoms. The second-order valence-electron chi connectivity index (χ2n) is 3.07. The molecule has 0 aromatic heterocycles. The molecule has 0 saturated heterocycles. The molecule has 1 N–H and O–H groups in total. The second-order valence-corrected chi connectivity index (χ2v) is 5.22. The van der Waals surface area contributed by atoms with Gasteiger partial charge < -0.3 is 5.11 Å². The maximum atomic E-state index is 11.3. The van der Waals surface area contributed by atoms with E-state index in [0.717, 1.165) is 0 Å². The van der Waals surface area contributed by atoms with Crippen molar-refractivity contribution in [1.82, 2.24) is 4.31 Å². The molecule has 78 valence electrons. The molecular weight excluding hydrogens is 194 g/mol. The normalized spacial score (nSPS) is 12.4. The summed E-state index contributed by atoms with van der Waals surface area (Å²) in [7, 11) is -1.96. The fraction of sp³-hybridized carbons (Fsp3) is 0.857. The van der Waals surface area contributed by atoms with Crippen molar-refractivity contribution in [1.29, 1.82) is 0 Å². The van der Waals surface area contributed by atoms with Gasteiger partial charge in [0.25, 0.3) is 0 Å². The van der Waals surface area contributed by atoms with E-state index in [-0.39, 0.29) is 18.2 Å². The van der Waals surface area contributed by atoms with Crippen LogP contribution in [0.1, 0.15) is 20.3 Å². The summed E-state index contributed by atoms with van der Waals surface area (Å²) in [4.78, 5) is 10.2. The van der Waals surface area contributed by atoms with E-state index >= 15 is 0 Å². The number of hydrogen-bond donors (Lipinski definition) is 1. The first-order chi connectivity index (χ1) is 5.77. The molecule has 0 heterocycles. The lowest BCUT2D eigenvalue weighted by Gasteiger charge is -2.20. The molecule has 0 atom stereocenters. The van der Waals surface area contributed by atoms with E-state index in [1.54, 1.807) is 13.8 Å². The van der Waals surface area contributed by atoms with E-state index in [9.17, 15) is 13.2 Å². The van der Waals surface area contributed by atoms with Crippen molar-refractivity contribution in [2.75, 3.05) is 12.8 Å². The van der Waals surface area contributed by atoms with Gasteiger partial charge in [0, 0.05) is 13.1 Å². The number of aliphatic carboxylic acids is 1. The fourth-order valence-electron chi connectivity index (χ4n) is 0.681. The Morgan fingerprint density at radius 2 is 1.92 bits per heavy atom. The van der Waals surface area contributed by atoms with Gasteiger partial charge in [0.2, 0.25) is 10.0 Å². The van der Waals surface area contributed by atoms with Gasteiger partial charge in [-0.25, -0.2) is 12.7 Å². The summed E-state index contributed by atoms with van der Waals surface area (Å²) in [5, 5.41) is 8.31. The van der Waals surface area contributed by atoms with Gasteiger partial charge in [-0.2, -0.15) is 0 Å². The first-order valence-electron chi connectivity index (χ1n) is 3.95. The molecule has 0 amide bonds. The smallest absolute Gasteiger partial charge is 0.304 e. The summed E-state index contributed by atoms with van der Waals surface area (Å²) >= 11 is 0. The summed E-state index contributed by atoms with van der Waals surface area (Å²) in [5.41, 5.74) is 0. The van der Waals surface area contributed by atoms with E-state index in [0.29, 0.717) is 0 Å². The van der Waals surface area contributed by atoms with E-state index in [4.69, 9.17) is 5.11 Å². The van der Waals surface area contributed by atoms with Gasteiger partial charge in [-0.15, -0.1) is 0 Å². The van der Waals surface area contributed by atoms with Crippen LogP contribution in [-0.4, -0.2) is 42.6 Å². The van der Waals surface area contributed by atoms with Crippen molar-refractivity contribution in [3.05, 3.63) is 0 Å². The standard InChI is InChI=1S/C7H15NO4S/c1-6(2)8(3)13(11,12)5-4-7(9)10/h6H,4-5H2,1-3H3,(H,9,10). The lowest BCUT2D eigenvalue weighted by Crippen LogP contribution is -2.35. The third-order valence-electron chi connectivity index (χ3n) is 1.74. The zero-order valence-corrected chi connectivity index (χ0v) is 8.84. The molecule has 0 radical (unpaired) electrons. The van der Waals surface area contributed by atoms with Crippen LogP contribution >= 0.6 is 0 Å². The van der Waals surface area contributed by atoms with Gasteiger partial charge in [-0.3, -0.25) is 4.79 Å². The predicted octanol–water partition coefficient (Wildman–Crippen LogP) is 0.131. The highest BCUT2D eigenvalue weighted by Crippen LogP contribution is 2.04. The summed E-state index contributed by atoms with van der Waals surface area (Å²) in [6.45, 7) is 3.47. The fourth-order valence-corrected chi connectivity index (χ4v) is 2.04. The van der Waals surface area contributed by atoms with Crippen LogP contribution in [0.5, 0.6) is 0 Å². The highest BCUT2D eigenvalue weighted by molar-refractivity contribution is 7.89. The lowest BCUT2D eigenvalue weighted by atomic mass is 10.4. The van der Waals surface area contributed by atoms with Crippen LogP contribution in [-0.2, 0) is 14.8 Å². The van der Waals surface area contributed by atoms with Gasteiger partial charge in [0.05, 0.1) is 12.2 Å². The van der Waals surface area contributed by atoms with Crippen LogP contribution in [0.25, 0.3) is 0 Å². The number of sulfonamides is 1. The molecule has 0 spiro atoms. The molecule has 6 heteroatoms. The zero-order valence-electron chi connectivity index (χ0n) is 8.02. The molecule has 0 rings (SSSR count). The average molecular weight is 209 g/mol. The first kappa shape index (κ1) is 12.4. The minimum absolute atomic E-state index is 0.140. The van der Waals surface area contributed by atoms with Crippen molar-refractivity contribution in [3.8, 4) is 0 Å². The molecular formula is C7H15NO4S. The summed E-state index contributed by atoms with van der Waals surface area (Å²) in [5.74, 6) is -1.43. The summed E-state index contributed by atoms with van der Waals surface area (Å²) in [6.07, 6.45) is -0.348. The van der Waals surface area contributed by atoms with Crippen molar-refractivity contribution in [2.24, 2.45) is 0 Å². The topological polar surface area (TPSA) is 74.7 Å². The molecule has 0 aliphatic heterocycles. The van der Waals surface area contributed by atoms with Crippen LogP contribution < -0.4 is 0 Å².